The van der Waals surface area contributed by atoms with Gasteiger partial charge in [0, 0.05) is 2.85 Å². The molecule has 0 amide bonds. The Kier molecular flexibility index (Phi) is 9.50. The molecule has 0 aromatic heterocycles. The van der Waals surface area contributed by atoms with Gasteiger partial charge in [0.05, 0.1) is 0 Å². The molecule has 0 N–H and O–H groups in total. The van der Waals surface area contributed by atoms with Crippen LogP contribution >= 0.6 is 8.58 Å². The summed E-state index contributed by atoms with van der Waals surface area (Å²) in [7, 11) is 0.668. The molecule has 2 saturated carbocycles. The highest BCUT2D eigenvalue weighted by atomic mass is 31.1. The number of aryl methyl sites for hydroxylation is 1. The van der Waals surface area contributed by atoms with Gasteiger partial charge in [-0.05, 0) is 109 Å². The number of terminal acetylenes is 1. The van der Waals surface area contributed by atoms with Gasteiger partial charge in [0.2, 0.25) is 0 Å². The molecule has 2 fully saturated rings. The number of hydrogen-bond acceptors (Lipinski definition) is 0. The van der Waals surface area contributed by atoms with Gasteiger partial charge in [-0.3, -0.25) is 0 Å². The smallest absolute Gasteiger partial charge is 0 e. The van der Waals surface area contributed by atoms with E-state index >= 15 is 0 Å². The monoisotopic (exact) mass is 372 g/mol. The van der Waals surface area contributed by atoms with Crippen molar-refractivity contribution in [2.45, 2.75) is 70.6 Å². The Morgan fingerprint density at radius 3 is 2.00 bits per heavy atom. The highest BCUT2D eigenvalue weighted by molar-refractivity contribution is 7.42. The third-order valence-electron chi connectivity index (χ3n) is 6.52. The van der Waals surface area contributed by atoms with Crippen LogP contribution in [0.15, 0.2) is 36.9 Å². The lowest BCUT2D eigenvalue weighted by Crippen LogP contribution is -2.25. The minimum Gasteiger partial charge on any atom is -0.116 e. The number of rotatable bonds is 4. The van der Waals surface area contributed by atoms with Crippen LogP contribution in [-0.4, -0.2) is 6.66 Å². The van der Waals surface area contributed by atoms with Gasteiger partial charge in [0.1, 0.15) is 0 Å². The Bertz CT molecular complexity index is 559. The normalized spacial score (nSPS) is 28.8. The van der Waals surface area contributed by atoms with Crippen molar-refractivity contribution in [1.82, 2.24) is 0 Å². The van der Waals surface area contributed by atoms with Crippen LogP contribution in [0.2, 0.25) is 0 Å². The predicted octanol–water partition coefficient (Wildman–Crippen LogP) is 8.03. The molecule has 0 aliphatic heterocycles. The van der Waals surface area contributed by atoms with E-state index in [0.29, 0.717) is 8.58 Å². The largest absolute Gasteiger partial charge is 0.116 e. The quantitative estimate of drug-likeness (QED) is 0.285. The molecule has 0 radical (unpaired) electrons. The average molecular weight is 373 g/mol. The lowest BCUT2D eigenvalue weighted by Gasteiger charge is -2.38. The van der Waals surface area contributed by atoms with Crippen LogP contribution in [-0.2, 0) is 0 Å². The molecule has 2 aliphatic rings. The van der Waals surface area contributed by atoms with Gasteiger partial charge in [0.15, 0.2) is 0 Å². The van der Waals surface area contributed by atoms with Crippen molar-refractivity contribution in [1.29, 1.82) is 0 Å². The van der Waals surface area contributed by atoms with Crippen molar-refractivity contribution >= 4 is 8.58 Å². The van der Waals surface area contributed by atoms with E-state index < -0.39 is 0 Å². The summed E-state index contributed by atoms with van der Waals surface area (Å²) >= 11 is 0. The molecule has 1 aromatic carbocycles. The van der Waals surface area contributed by atoms with Gasteiger partial charge in [-0.1, -0.05) is 41.6 Å². The highest BCUT2D eigenvalue weighted by Gasteiger charge is 2.30. The van der Waals surface area contributed by atoms with E-state index in [0.717, 1.165) is 23.7 Å². The zero-order chi connectivity index (χ0) is 18.8. The predicted molar refractivity (Wildman–Crippen MR) is 123 cm³/mol. The fraction of sp³-hybridized carbons (Fsp3) is 0.600. The van der Waals surface area contributed by atoms with Crippen LogP contribution in [0, 0.1) is 36.8 Å². The molecule has 1 unspecified atom stereocenters. The van der Waals surface area contributed by atoms with E-state index in [4.69, 9.17) is 6.42 Å². The van der Waals surface area contributed by atoms with Crippen molar-refractivity contribution < 1.29 is 2.85 Å². The van der Waals surface area contributed by atoms with E-state index in [1.807, 2.05) is 6.66 Å². The van der Waals surface area contributed by atoms with E-state index in [1.54, 1.807) is 5.56 Å². The average Bonchev–Trinajstić information content (AvgIpc) is 2.70. The summed E-state index contributed by atoms with van der Waals surface area (Å²) in [6, 6.07) is 9.28. The Labute approximate surface area is 167 Å². The van der Waals surface area contributed by atoms with Crippen molar-refractivity contribution in [2.75, 3.05) is 6.66 Å². The summed E-state index contributed by atoms with van der Waals surface area (Å²) in [4.78, 5) is 0. The molecular weight excluding hydrogens is 331 g/mol. The topological polar surface area (TPSA) is 0 Å². The summed E-state index contributed by atoms with van der Waals surface area (Å²) in [6.45, 7) is 8.06. The van der Waals surface area contributed by atoms with Crippen LogP contribution in [0.5, 0.6) is 0 Å². The molecule has 0 heterocycles. The molecule has 3 rings (SSSR count). The van der Waals surface area contributed by atoms with Crippen LogP contribution in [0.4, 0.5) is 0 Å². The van der Waals surface area contributed by atoms with Gasteiger partial charge in [-0.25, -0.2) is 0 Å². The zero-order valence-corrected chi connectivity index (χ0v) is 17.8. The number of hydrogen-bond donors (Lipinski definition) is 0. The molecule has 0 bridgehead atoms. The second-order valence-electron chi connectivity index (χ2n) is 8.22. The molecule has 0 nitrogen and oxygen atoms in total. The zero-order valence-electron chi connectivity index (χ0n) is 16.8. The lowest BCUT2D eigenvalue weighted by atomic mass is 9.68. The molecule has 2 aliphatic carbocycles. The number of allylic oxidation sites excluding steroid dienone is 1. The van der Waals surface area contributed by atoms with E-state index in [-0.39, 0.29) is 2.85 Å². The Morgan fingerprint density at radius 2 is 1.54 bits per heavy atom. The van der Waals surface area contributed by atoms with E-state index in [2.05, 4.69) is 49.5 Å². The molecular formula is C25H41P. The minimum atomic E-state index is 0. The second kappa shape index (κ2) is 11.6. The molecule has 0 saturated heterocycles. The van der Waals surface area contributed by atoms with Crippen LogP contribution in [0.1, 0.15) is 77.7 Å². The molecule has 1 aromatic rings. The van der Waals surface area contributed by atoms with E-state index in [1.165, 1.54) is 63.4 Å². The maximum Gasteiger partial charge on any atom is 0 e. The lowest BCUT2D eigenvalue weighted by molar-refractivity contribution is 0.160. The fourth-order valence-corrected chi connectivity index (χ4v) is 4.89. The fourth-order valence-electron chi connectivity index (χ4n) is 4.89. The van der Waals surface area contributed by atoms with Crippen molar-refractivity contribution in [3.8, 4) is 12.1 Å². The molecule has 1 atom stereocenters. The minimum absolute atomic E-state index is 0. The summed E-state index contributed by atoms with van der Waals surface area (Å²) in [5, 5.41) is 0. The highest BCUT2D eigenvalue weighted by Crippen LogP contribution is 2.44. The van der Waals surface area contributed by atoms with Gasteiger partial charge >= 0.3 is 0 Å². The van der Waals surface area contributed by atoms with Gasteiger partial charge in [-0.2, -0.15) is 0 Å². The van der Waals surface area contributed by atoms with Gasteiger partial charge in [-0.15, -0.1) is 13.0 Å². The summed E-state index contributed by atoms with van der Waals surface area (Å²) in [5.41, 5.74) is 5.42. The third-order valence-corrected chi connectivity index (χ3v) is 6.81. The Morgan fingerprint density at radius 1 is 1.04 bits per heavy atom. The number of benzene rings is 1. The van der Waals surface area contributed by atoms with Crippen molar-refractivity contribution in [3.05, 3.63) is 48.0 Å². The first-order chi connectivity index (χ1) is 12.7. The van der Waals surface area contributed by atoms with Gasteiger partial charge in [0.25, 0.3) is 0 Å². The molecule has 146 valence electrons. The molecule has 26 heavy (non-hydrogen) atoms. The summed E-state index contributed by atoms with van der Waals surface area (Å²) in [6.07, 6.45) is 19.8. The van der Waals surface area contributed by atoms with Crippen molar-refractivity contribution in [3.63, 3.8) is 0 Å². The summed E-state index contributed by atoms with van der Waals surface area (Å²) in [5.74, 6) is 3.82. The van der Waals surface area contributed by atoms with Gasteiger partial charge < -0.3 is 0 Å². The second-order valence-corrected chi connectivity index (χ2v) is 9.01. The Hall–Kier alpha value is -1.05. The third kappa shape index (κ3) is 6.59. The SMILES string of the molecule is C#CPC.C=CCC1CCC(C2CCC(c3ccc(C)cc3)CC2)CC1.[HH].[HH]. The van der Waals surface area contributed by atoms with Crippen molar-refractivity contribution in [2.24, 2.45) is 17.8 Å². The molecule has 0 spiro atoms. The standard InChI is InChI=1S/C22H32.C3H5P.2H2/c1-3-4-18-7-11-20(12-8-18)22-15-13-21(14-16-22)19-9-5-17(2)6-10-19;1-3-4-2;;/h3,5-6,9-10,18,20-22H,1,4,7-8,11-16H2,2H3;1,4H,2H3;2*1H. The Balaban J connectivity index is 0.00000111. The van der Waals surface area contributed by atoms with Crippen LogP contribution < -0.4 is 0 Å². The first-order valence-corrected chi connectivity index (χ1v) is 12.0. The maximum atomic E-state index is 4.79. The first kappa shape index (κ1) is 21.3. The summed E-state index contributed by atoms with van der Waals surface area (Å²) < 4.78 is 0. The van der Waals surface area contributed by atoms with Crippen LogP contribution in [0.3, 0.4) is 0 Å². The first-order valence-electron chi connectivity index (χ1n) is 10.5. The van der Waals surface area contributed by atoms with Crippen LogP contribution in [0.25, 0.3) is 0 Å². The molecule has 1 heteroatoms. The maximum absolute atomic E-state index is 4.79. The van der Waals surface area contributed by atoms with E-state index in [9.17, 15) is 0 Å².